The van der Waals surface area contributed by atoms with Crippen LogP contribution in [0.5, 0.6) is 0 Å². The molecule has 7 heteroatoms. The number of carbonyl (C=O) groups excluding carboxylic acids is 1. The van der Waals surface area contributed by atoms with E-state index in [4.69, 9.17) is 4.42 Å². The smallest absolute Gasteiger partial charge is 0.316 e. The Morgan fingerprint density at radius 1 is 1.53 bits per heavy atom. The average Bonchev–Trinajstić information content (AvgIpc) is 2.89. The van der Waals surface area contributed by atoms with Gasteiger partial charge < -0.3 is 20.0 Å². The number of likely N-dealkylation sites (tertiary alicyclic amines) is 1. The van der Waals surface area contributed by atoms with Gasteiger partial charge in [0.25, 0.3) is 0 Å². The number of rotatable bonds is 5. The second-order valence-electron chi connectivity index (χ2n) is 4.03. The fourth-order valence-electron chi connectivity index (χ4n) is 1.72. The lowest BCUT2D eigenvalue weighted by atomic mass is 10.2. The minimum Gasteiger partial charge on any atom is -0.407 e. The van der Waals surface area contributed by atoms with E-state index in [1.54, 1.807) is 11.9 Å². The molecule has 7 nitrogen and oxygen atoms in total. The van der Waals surface area contributed by atoms with Crippen molar-refractivity contribution < 1.29 is 9.21 Å². The molecule has 2 heterocycles. The number of hydrogen-bond acceptors (Lipinski definition) is 6. The van der Waals surface area contributed by atoms with E-state index in [2.05, 4.69) is 20.8 Å². The van der Waals surface area contributed by atoms with Crippen LogP contribution in [0.4, 0.5) is 6.01 Å². The third kappa shape index (κ3) is 2.73. The van der Waals surface area contributed by atoms with Gasteiger partial charge >= 0.3 is 6.01 Å². The van der Waals surface area contributed by atoms with Crippen molar-refractivity contribution in [2.24, 2.45) is 0 Å². The molecule has 1 amide bonds. The van der Waals surface area contributed by atoms with Gasteiger partial charge in [0.1, 0.15) is 6.04 Å². The van der Waals surface area contributed by atoms with E-state index in [1.165, 1.54) is 0 Å². The van der Waals surface area contributed by atoms with Crippen LogP contribution in [-0.4, -0.2) is 47.2 Å². The van der Waals surface area contributed by atoms with Crippen molar-refractivity contribution in [3.8, 4) is 0 Å². The van der Waals surface area contributed by atoms with Crippen molar-refractivity contribution in [2.75, 3.05) is 25.5 Å². The summed E-state index contributed by atoms with van der Waals surface area (Å²) in [7, 11) is 1.79. The van der Waals surface area contributed by atoms with Gasteiger partial charge in [0.05, 0.1) is 6.54 Å². The van der Waals surface area contributed by atoms with Gasteiger partial charge in [-0.15, -0.1) is 5.10 Å². The predicted octanol–water partition coefficient (Wildman–Crippen LogP) is -0.178. The molecular formula is C10H17N5O2. The van der Waals surface area contributed by atoms with Crippen molar-refractivity contribution in [1.82, 2.24) is 20.4 Å². The van der Waals surface area contributed by atoms with Crippen LogP contribution in [0.2, 0.25) is 0 Å². The molecule has 0 aromatic carbocycles. The summed E-state index contributed by atoms with van der Waals surface area (Å²) in [5.41, 5.74) is 0. The Morgan fingerprint density at radius 2 is 2.35 bits per heavy atom. The summed E-state index contributed by atoms with van der Waals surface area (Å²) in [5.74, 6) is 0.588. The van der Waals surface area contributed by atoms with Crippen molar-refractivity contribution in [3.05, 3.63) is 5.89 Å². The summed E-state index contributed by atoms with van der Waals surface area (Å²) >= 11 is 0. The highest BCUT2D eigenvalue weighted by Crippen LogP contribution is 2.14. The Bertz CT molecular complexity index is 392. The normalized spacial score (nSPS) is 20.0. The number of nitrogens with one attached hydrogen (secondary N) is 2. The Kier molecular flexibility index (Phi) is 3.58. The number of amides is 1. The lowest BCUT2D eigenvalue weighted by Crippen LogP contribution is -2.31. The van der Waals surface area contributed by atoms with Gasteiger partial charge in [-0.05, 0) is 13.0 Å². The molecule has 0 aliphatic carbocycles. The minimum absolute atomic E-state index is 0.0661. The van der Waals surface area contributed by atoms with Crippen molar-refractivity contribution in [2.45, 2.75) is 25.9 Å². The van der Waals surface area contributed by atoms with Gasteiger partial charge in [0.2, 0.25) is 11.8 Å². The number of hydrogen-bond donors (Lipinski definition) is 2. The number of carbonyl (C=O) groups is 1. The molecule has 1 aliphatic rings. The van der Waals surface area contributed by atoms with E-state index in [1.807, 2.05) is 6.92 Å². The number of aromatic nitrogens is 2. The van der Waals surface area contributed by atoms with Crippen LogP contribution >= 0.6 is 0 Å². The van der Waals surface area contributed by atoms with E-state index in [0.717, 1.165) is 19.5 Å². The lowest BCUT2D eigenvalue weighted by molar-refractivity contribution is -0.127. The molecule has 0 spiro atoms. The molecule has 1 fully saturated rings. The van der Waals surface area contributed by atoms with Crippen LogP contribution < -0.4 is 10.6 Å². The third-order valence-electron chi connectivity index (χ3n) is 2.72. The topological polar surface area (TPSA) is 83.3 Å². The molecule has 1 aromatic rings. The number of likely N-dealkylation sites (N-methyl/N-ethyl adjacent to an activating group) is 1. The summed E-state index contributed by atoms with van der Waals surface area (Å²) in [5, 5.41) is 13.8. The maximum Gasteiger partial charge on any atom is 0.316 e. The second-order valence-corrected chi connectivity index (χ2v) is 4.03. The van der Waals surface area contributed by atoms with Crippen LogP contribution in [0.15, 0.2) is 4.42 Å². The van der Waals surface area contributed by atoms with Gasteiger partial charge in [-0.2, -0.15) is 0 Å². The van der Waals surface area contributed by atoms with Crippen LogP contribution in [-0.2, 0) is 11.3 Å². The first-order valence-corrected chi connectivity index (χ1v) is 5.75. The standard InChI is InChI=1S/C10H17N5O2/c1-3-11-6-8-13-14-10(17-8)12-7-4-5-15(2)9(7)16/h7,11H,3-6H2,1-2H3,(H,12,14). The minimum atomic E-state index is -0.243. The monoisotopic (exact) mass is 239 g/mol. The zero-order chi connectivity index (χ0) is 12.3. The van der Waals surface area contributed by atoms with E-state index in [9.17, 15) is 4.79 Å². The highest BCUT2D eigenvalue weighted by atomic mass is 16.4. The highest BCUT2D eigenvalue weighted by Gasteiger charge is 2.30. The molecule has 1 aromatic heterocycles. The SMILES string of the molecule is CCNCc1nnc(NC2CCN(C)C2=O)o1. The fourth-order valence-corrected chi connectivity index (χ4v) is 1.72. The zero-order valence-corrected chi connectivity index (χ0v) is 10.1. The quantitative estimate of drug-likeness (QED) is 0.741. The maximum atomic E-state index is 11.6. The van der Waals surface area contributed by atoms with Gasteiger partial charge in [0.15, 0.2) is 0 Å². The van der Waals surface area contributed by atoms with Gasteiger partial charge in [-0.1, -0.05) is 12.0 Å². The second kappa shape index (κ2) is 5.13. The summed E-state index contributed by atoms with van der Waals surface area (Å²) in [6, 6.07) is 0.0685. The average molecular weight is 239 g/mol. The molecule has 1 unspecified atom stereocenters. The van der Waals surface area contributed by atoms with Gasteiger partial charge in [-0.3, -0.25) is 4.79 Å². The van der Waals surface area contributed by atoms with Crippen LogP contribution in [0, 0.1) is 0 Å². The zero-order valence-electron chi connectivity index (χ0n) is 10.1. The maximum absolute atomic E-state index is 11.6. The van der Waals surface area contributed by atoms with Crippen LogP contribution in [0.25, 0.3) is 0 Å². The van der Waals surface area contributed by atoms with E-state index in [-0.39, 0.29) is 11.9 Å². The molecule has 17 heavy (non-hydrogen) atoms. The molecule has 1 aliphatic heterocycles. The van der Waals surface area contributed by atoms with E-state index < -0.39 is 0 Å². The summed E-state index contributed by atoms with van der Waals surface area (Å²) in [4.78, 5) is 13.3. The molecule has 94 valence electrons. The summed E-state index contributed by atoms with van der Waals surface area (Å²) < 4.78 is 5.36. The van der Waals surface area contributed by atoms with Crippen molar-refractivity contribution >= 4 is 11.9 Å². The van der Waals surface area contributed by atoms with Crippen molar-refractivity contribution in [1.29, 1.82) is 0 Å². The Balaban J connectivity index is 1.90. The molecule has 1 saturated heterocycles. The first kappa shape index (κ1) is 11.8. The van der Waals surface area contributed by atoms with Gasteiger partial charge in [0, 0.05) is 13.6 Å². The first-order valence-electron chi connectivity index (χ1n) is 5.75. The lowest BCUT2D eigenvalue weighted by Gasteiger charge is -2.09. The van der Waals surface area contributed by atoms with E-state index >= 15 is 0 Å². The van der Waals surface area contributed by atoms with Gasteiger partial charge in [-0.25, -0.2) is 0 Å². The fraction of sp³-hybridized carbons (Fsp3) is 0.700. The number of nitrogens with zero attached hydrogens (tertiary/aromatic N) is 3. The first-order chi connectivity index (χ1) is 8.20. The predicted molar refractivity (Wildman–Crippen MR) is 61.3 cm³/mol. The molecule has 0 radical (unpaired) electrons. The van der Waals surface area contributed by atoms with Crippen LogP contribution in [0.1, 0.15) is 19.2 Å². The molecule has 2 N–H and O–H groups in total. The molecule has 0 saturated carbocycles. The highest BCUT2D eigenvalue weighted by molar-refractivity contribution is 5.85. The Labute approximate surface area is 99.6 Å². The van der Waals surface area contributed by atoms with E-state index in [0.29, 0.717) is 18.5 Å². The summed E-state index contributed by atoms with van der Waals surface area (Å²) in [6.07, 6.45) is 0.764. The largest absolute Gasteiger partial charge is 0.407 e. The molecule has 0 bridgehead atoms. The summed E-state index contributed by atoms with van der Waals surface area (Å²) in [6.45, 7) is 4.15. The molecule has 1 atom stereocenters. The van der Waals surface area contributed by atoms with Crippen molar-refractivity contribution in [3.63, 3.8) is 0 Å². The molecular weight excluding hydrogens is 222 g/mol. The number of anilines is 1. The Morgan fingerprint density at radius 3 is 3.00 bits per heavy atom. The Hall–Kier alpha value is -1.63. The third-order valence-corrected chi connectivity index (χ3v) is 2.72. The van der Waals surface area contributed by atoms with Crippen LogP contribution in [0.3, 0.4) is 0 Å². The molecule has 2 rings (SSSR count).